The maximum Gasteiger partial charge on any atom is 0.223 e. The normalized spacial score (nSPS) is 32.5. The molecule has 1 amide bonds. The van der Waals surface area contributed by atoms with E-state index in [2.05, 4.69) is 24.5 Å². The van der Waals surface area contributed by atoms with E-state index in [4.69, 9.17) is 0 Å². The van der Waals surface area contributed by atoms with Crippen LogP contribution in [0.5, 0.6) is 0 Å². The molecule has 2 N–H and O–H groups in total. The standard InChI is InChI=1S/C12H24N2O/c1-8-9(2)13-7-6-10(8)11(15)14-12(3,4)5/h8-10,13H,6-7H2,1-5H3,(H,14,15). The third-order valence-electron chi connectivity index (χ3n) is 3.18. The van der Waals surface area contributed by atoms with Crippen molar-refractivity contribution in [1.29, 1.82) is 0 Å². The second kappa shape index (κ2) is 4.52. The molecular weight excluding hydrogens is 188 g/mol. The number of nitrogens with one attached hydrogen (secondary N) is 2. The molecule has 0 aromatic carbocycles. The molecule has 0 aromatic heterocycles. The number of hydrogen-bond donors (Lipinski definition) is 2. The molecule has 3 heteroatoms. The van der Waals surface area contributed by atoms with Gasteiger partial charge in [-0.15, -0.1) is 0 Å². The largest absolute Gasteiger partial charge is 0.351 e. The Morgan fingerprint density at radius 2 is 1.93 bits per heavy atom. The molecule has 1 heterocycles. The van der Waals surface area contributed by atoms with Gasteiger partial charge in [0.15, 0.2) is 0 Å². The second-order valence-corrected chi connectivity index (χ2v) is 5.74. The van der Waals surface area contributed by atoms with Gasteiger partial charge >= 0.3 is 0 Å². The van der Waals surface area contributed by atoms with E-state index in [0.29, 0.717) is 12.0 Å². The minimum absolute atomic E-state index is 0.120. The van der Waals surface area contributed by atoms with Crippen LogP contribution in [0.4, 0.5) is 0 Å². The lowest BCUT2D eigenvalue weighted by Crippen LogP contribution is -2.51. The van der Waals surface area contributed by atoms with E-state index in [-0.39, 0.29) is 17.4 Å². The highest BCUT2D eigenvalue weighted by atomic mass is 16.2. The number of carbonyl (C=O) groups excluding carboxylic acids is 1. The van der Waals surface area contributed by atoms with Crippen molar-refractivity contribution in [2.24, 2.45) is 11.8 Å². The summed E-state index contributed by atoms with van der Waals surface area (Å²) in [7, 11) is 0. The summed E-state index contributed by atoms with van der Waals surface area (Å²) in [4.78, 5) is 12.0. The van der Waals surface area contributed by atoms with E-state index in [9.17, 15) is 4.79 Å². The Kier molecular flexibility index (Phi) is 3.77. The quantitative estimate of drug-likeness (QED) is 0.692. The molecule has 0 bridgehead atoms. The summed E-state index contributed by atoms with van der Waals surface area (Å²) >= 11 is 0. The van der Waals surface area contributed by atoms with Crippen LogP contribution in [0.2, 0.25) is 0 Å². The van der Waals surface area contributed by atoms with Gasteiger partial charge < -0.3 is 10.6 Å². The van der Waals surface area contributed by atoms with Crippen LogP contribution >= 0.6 is 0 Å². The summed E-state index contributed by atoms with van der Waals surface area (Å²) in [6.45, 7) is 11.3. The Hall–Kier alpha value is -0.570. The monoisotopic (exact) mass is 212 g/mol. The van der Waals surface area contributed by atoms with Gasteiger partial charge in [-0.05, 0) is 46.6 Å². The van der Waals surface area contributed by atoms with Crippen LogP contribution in [0.3, 0.4) is 0 Å². The number of carbonyl (C=O) groups is 1. The van der Waals surface area contributed by atoms with E-state index >= 15 is 0 Å². The first-order valence-corrected chi connectivity index (χ1v) is 5.86. The van der Waals surface area contributed by atoms with Gasteiger partial charge in [-0.2, -0.15) is 0 Å². The Morgan fingerprint density at radius 3 is 2.47 bits per heavy atom. The lowest BCUT2D eigenvalue weighted by Gasteiger charge is -2.35. The van der Waals surface area contributed by atoms with Crippen LogP contribution in [-0.2, 0) is 4.79 Å². The molecule has 3 nitrogen and oxygen atoms in total. The Balaban J connectivity index is 2.59. The molecule has 15 heavy (non-hydrogen) atoms. The van der Waals surface area contributed by atoms with Gasteiger partial charge in [0, 0.05) is 17.5 Å². The molecule has 88 valence electrons. The topological polar surface area (TPSA) is 41.1 Å². The highest BCUT2D eigenvalue weighted by Crippen LogP contribution is 2.23. The van der Waals surface area contributed by atoms with Crippen molar-refractivity contribution in [3.63, 3.8) is 0 Å². The Morgan fingerprint density at radius 1 is 1.33 bits per heavy atom. The van der Waals surface area contributed by atoms with Crippen molar-refractivity contribution in [2.75, 3.05) is 6.54 Å². The average molecular weight is 212 g/mol. The average Bonchev–Trinajstić information content (AvgIpc) is 2.06. The first-order valence-electron chi connectivity index (χ1n) is 5.86. The molecular formula is C12H24N2O. The van der Waals surface area contributed by atoms with E-state index in [0.717, 1.165) is 13.0 Å². The lowest BCUT2D eigenvalue weighted by molar-refractivity contribution is -0.129. The highest BCUT2D eigenvalue weighted by Gasteiger charge is 2.33. The zero-order valence-corrected chi connectivity index (χ0v) is 10.6. The Bertz CT molecular complexity index is 232. The fourth-order valence-electron chi connectivity index (χ4n) is 2.10. The van der Waals surface area contributed by atoms with Crippen molar-refractivity contribution < 1.29 is 4.79 Å². The molecule has 0 radical (unpaired) electrons. The first-order chi connectivity index (χ1) is 6.81. The maximum absolute atomic E-state index is 12.0. The van der Waals surface area contributed by atoms with Crippen molar-refractivity contribution in [2.45, 2.75) is 52.6 Å². The summed E-state index contributed by atoms with van der Waals surface area (Å²) in [5.74, 6) is 0.796. The second-order valence-electron chi connectivity index (χ2n) is 5.74. The molecule has 1 aliphatic rings. The zero-order valence-electron chi connectivity index (χ0n) is 10.6. The summed E-state index contributed by atoms with van der Waals surface area (Å²) < 4.78 is 0. The van der Waals surface area contributed by atoms with Gasteiger partial charge in [-0.3, -0.25) is 4.79 Å². The number of amides is 1. The van der Waals surface area contributed by atoms with E-state index in [1.807, 2.05) is 20.8 Å². The molecule has 3 unspecified atom stereocenters. The van der Waals surface area contributed by atoms with Crippen molar-refractivity contribution in [3.05, 3.63) is 0 Å². The number of hydrogen-bond acceptors (Lipinski definition) is 2. The van der Waals surface area contributed by atoms with E-state index in [1.54, 1.807) is 0 Å². The van der Waals surface area contributed by atoms with E-state index in [1.165, 1.54) is 0 Å². The van der Waals surface area contributed by atoms with Gasteiger partial charge in [-0.25, -0.2) is 0 Å². The van der Waals surface area contributed by atoms with Crippen molar-refractivity contribution >= 4 is 5.91 Å². The van der Waals surface area contributed by atoms with Crippen LogP contribution in [0, 0.1) is 11.8 Å². The smallest absolute Gasteiger partial charge is 0.223 e. The first kappa shape index (κ1) is 12.5. The third-order valence-corrected chi connectivity index (χ3v) is 3.18. The summed E-state index contributed by atoms with van der Waals surface area (Å²) in [6, 6.07) is 0.439. The molecule has 0 spiro atoms. The van der Waals surface area contributed by atoms with Crippen LogP contribution in [0.1, 0.15) is 41.0 Å². The minimum atomic E-state index is -0.120. The molecule has 0 saturated carbocycles. The zero-order chi connectivity index (χ0) is 11.6. The van der Waals surface area contributed by atoms with Crippen molar-refractivity contribution in [1.82, 2.24) is 10.6 Å². The highest BCUT2D eigenvalue weighted by molar-refractivity contribution is 5.79. The molecule has 0 aliphatic carbocycles. The van der Waals surface area contributed by atoms with Crippen LogP contribution in [0.25, 0.3) is 0 Å². The van der Waals surface area contributed by atoms with Gasteiger partial charge in [0.1, 0.15) is 0 Å². The summed E-state index contributed by atoms with van der Waals surface area (Å²) in [5.41, 5.74) is -0.120. The molecule has 0 aromatic rings. The summed E-state index contributed by atoms with van der Waals surface area (Å²) in [5, 5.41) is 6.47. The van der Waals surface area contributed by atoms with Crippen LogP contribution < -0.4 is 10.6 Å². The summed E-state index contributed by atoms with van der Waals surface area (Å²) in [6.07, 6.45) is 0.952. The molecule has 1 aliphatic heterocycles. The fourth-order valence-corrected chi connectivity index (χ4v) is 2.10. The maximum atomic E-state index is 12.0. The Labute approximate surface area is 93.0 Å². The SMILES string of the molecule is CC1NCCC(C(=O)NC(C)(C)C)C1C. The number of piperidine rings is 1. The van der Waals surface area contributed by atoms with Gasteiger partial charge in [0.2, 0.25) is 5.91 Å². The third kappa shape index (κ3) is 3.49. The minimum Gasteiger partial charge on any atom is -0.351 e. The predicted molar refractivity (Wildman–Crippen MR) is 62.6 cm³/mol. The van der Waals surface area contributed by atoms with Crippen molar-refractivity contribution in [3.8, 4) is 0 Å². The fraction of sp³-hybridized carbons (Fsp3) is 0.917. The van der Waals surface area contributed by atoms with Gasteiger partial charge in [0.05, 0.1) is 0 Å². The molecule has 1 rings (SSSR count). The van der Waals surface area contributed by atoms with Crippen LogP contribution in [0.15, 0.2) is 0 Å². The molecule has 3 atom stereocenters. The lowest BCUT2D eigenvalue weighted by atomic mass is 9.82. The van der Waals surface area contributed by atoms with Gasteiger partial charge in [-0.1, -0.05) is 6.92 Å². The van der Waals surface area contributed by atoms with Crippen LogP contribution in [-0.4, -0.2) is 24.0 Å². The number of rotatable bonds is 1. The predicted octanol–water partition coefficient (Wildman–Crippen LogP) is 1.54. The molecule has 1 saturated heterocycles. The molecule has 1 fully saturated rings. The van der Waals surface area contributed by atoms with E-state index < -0.39 is 0 Å². The van der Waals surface area contributed by atoms with Gasteiger partial charge in [0.25, 0.3) is 0 Å².